The average molecular weight is 499 g/mol. The molecule has 0 radical (unpaired) electrons. The molecule has 0 aromatic carbocycles. The first kappa shape index (κ1) is 37.4. The van der Waals surface area contributed by atoms with Gasteiger partial charge in [-0.15, -0.1) is 0 Å². The second kappa shape index (κ2) is 25.0. The van der Waals surface area contributed by atoms with Crippen molar-refractivity contribution in [1.29, 1.82) is 0 Å². The van der Waals surface area contributed by atoms with Gasteiger partial charge in [0.1, 0.15) is 0 Å². The van der Waals surface area contributed by atoms with Crippen molar-refractivity contribution < 1.29 is 32.0 Å². The van der Waals surface area contributed by atoms with E-state index in [-0.39, 0.29) is 72.3 Å². The number of ether oxygens (including phenoxy) is 2. The zero-order chi connectivity index (χ0) is 22.7. The van der Waals surface area contributed by atoms with Crippen LogP contribution in [-0.2, 0) is 29.2 Å². The Morgan fingerprint density at radius 3 is 1.47 bits per heavy atom. The van der Waals surface area contributed by atoms with Gasteiger partial charge in [0.05, 0.1) is 19.6 Å². The third-order valence-corrected chi connectivity index (χ3v) is 6.06. The number of hydrogen-bond donors (Lipinski definition) is 1. The molecular formula is C22H44Na2O7S. The van der Waals surface area contributed by atoms with Crippen LogP contribution in [0.2, 0.25) is 0 Å². The van der Waals surface area contributed by atoms with Crippen LogP contribution < -0.4 is 0 Å². The minimum atomic E-state index is -4.74. The molecule has 0 aliphatic carbocycles. The Balaban J connectivity index is -0.00000420. The molecule has 0 saturated carbocycles. The van der Waals surface area contributed by atoms with E-state index in [1.54, 1.807) is 0 Å². The van der Waals surface area contributed by atoms with Gasteiger partial charge in [0.15, 0.2) is 5.25 Å². The van der Waals surface area contributed by atoms with Crippen LogP contribution in [0.5, 0.6) is 0 Å². The molecule has 10 heteroatoms. The molecule has 0 aliphatic rings. The summed E-state index contributed by atoms with van der Waals surface area (Å²) in [6.45, 7) is 4.56. The van der Waals surface area contributed by atoms with Crippen molar-refractivity contribution >= 4 is 81.2 Å². The normalized spacial score (nSPS) is 11.7. The van der Waals surface area contributed by atoms with E-state index in [1.165, 1.54) is 32.1 Å². The van der Waals surface area contributed by atoms with Crippen molar-refractivity contribution in [3.05, 3.63) is 0 Å². The average Bonchev–Trinajstić information content (AvgIpc) is 2.69. The molecule has 1 unspecified atom stereocenters. The van der Waals surface area contributed by atoms with Crippen LogP contribution in [-0.4, -0.2) is 102 Å². The molecule has 0 aromatic rings. The summed E-state index contributed by atoms with van der Waals surface area (Å²) in [5.74, 6) is -1.92. The zero-order valence-corrected chi connectivity index (χ0v) is 19.7. The predicted octanol–water partition coefficient (Wildman–Crippen LogP) is 3.92. The van der Waals surface area contributed by atoms with E-state index >= 15 is 0 Å². The number of esters is 2. The third-order valence-electron chi connectivity index (χ3n) is 4.98. The van der Waals surface area contributed by atoms with E-state index in [4.69, 9.17) is 9.47 Å². The first-order chi connectivity index (χ1) is 14.3. The zero-order valence-electron chi connectivity index (χ0n) is 18.9. The van der Waals surface area contributed by atoms with Crippen molar-refractivity contribution in [1.82, 2.24) is 0 Å². The molecule has 0 spiro atoms. The Hall–Kier alpha value is 0.850. The van der Waals surface area contributed by atoms with Crippen LogP contribution in [0.4, 0.5) is 0 Å². The Labute approximate surface area is 239 Å². The fourth-order valence-corrected chi connectivity index (χ4v) is 3.75. The summed E-state index contributed by atoms with van der Waals surface area (Å²) in [6, 6.07) is 0. The monoisotopic (exact) mass is 498 g/mol. The van der Waals surface area contributed by atoms with Crippen LogP contribution in [0, 0.1) is 0 Å². The number of carbonyl (C=O) groups is 2. The van der Waals surface area contributed by atoms with Crippen molar-refractivity contribution in [2.24, 2.45) is 0 Å². The molecule has 0 saturated heterocycles. The molecule has 0 fully saturated rings. The first-order valence-corrected chi connectivity index (χ1v) is 13.1. The van der Waals surface area contributed by atoms with Crippen LogP contribution in [0.25, 0.3) is 0 Å². The number of rotatable bonds is 20. The second-order valence-electron chi connectivity index (χ2n) is 7.84. The van der Waals surface area contributed by atoms with E-state index in [0.717, 1.165) is 44.9 Å². The molecule has 0 amide bonds. The molecule has 1 N–H and O–H groups in total. The first-order valence-electron chi connectivity index (χ1n) is 11.6. The van der Waals surface area contributed by atoms with Gasteiger partial charge >= 0.3 is 71.1 Å². The maximum absolute atomic E-state index is 12.0. The quantitative estimate of drug-likeness (QED) is 0.117. The van der Waals surface area contributed by atoms with Crippen LogP contribution in [0.15, 0.2) is 0 Å². The van der Waals surface area contributed by atoms with Crippen LogP contribution >= 0.6 is 0 Å². The Kier molecular flexibility index (Phi) is 29.2. The Bertz CT molecular complexity index is 556. The summed E-state index contributed by atoms with van der Waals surface area (Å²) in [4.78, 5) is 23.9. The van der Waals surface area contributed by atoms with E-state index < -0.39 is 33.7 Å². The molecule has 182 valence electrons. The van der Waals surface area contributed by atoms with E-state index in [2.05, 4.69) is 13.8 Å². The summed E-state index contributed by atoms with van der Waals surface area (Å²) >= 11 is 0. The van der Waals surface area contributed by atoms with Gasteiger partial charge in [-0.05, 0) is 12.8 Å². The van der Waals surface area contributed by atoms with E-state index in [0.29, 0.717) is 12.8 Å². The third kappa shape index (κ3) is 22.6. The van der Waals surface area contributed by atoms with Crippen molar-refractivity contribution in [2.75, 3.05) is 13.2 Å². The molecule has 0 aliphatic heterocycles. The molecule has 0 bridgehead atoms. The van der Waals surface area contributed by atoms with Gasteiger partial charge in [-0.3, -0.25) is 14.1 Å². The van der Waals surface area contributed by atoms with Gasteiger partial charge in [0.2, 0.25) is 0 Å². The fraction of sp³-hybridized carbons (Fsp3) is 0.909. The number of carbonyl (C=O) groups excluding carboxylic acids is 2. The Morgan fingerprint density at radius 1 is 0.688 bits per heavy atom. The molecule has 1 atom stereocenters. The van der Waals surface area contributed by atoms with Gasteiger partial charge in [-0.25, -0.2) is 0 Å². The Morgan fingerprint density at radius 2 is 1.06 bits per heavy atom. The summed E-state index contributed by atoms with van der Waals surface area (Å²) in [5.41, 5.74) is 0. The van der Waals surface area contributed by atoms with Crippen LogP contribution in [0.1, 0.15) is 110 Å². The van der Waals surface area contributed by atoms with E-state index in [1.807, 2.05) is 0 Å². The van der Waals surface area contributed by atoms with Gasteiger partial charge in [0.25, 0.3) is 10.1 Å². The fourth-order valence-electron chi connectivity index (χ4n) is 3.09. The summed E-state index contributed by atoms with van der Waals surface area (Å²) in [7, 11) is -4.74. The second-order valence-corrected chi connectivity index (χ2v) is 9.44. The summed E-state index contributed by atoms with van der Waals surface area (Å²) < 4.78 is 42.3. The standard InChI is InChI=1S/C22H42O7S.2Na.2H/c1-3-5-7-9-11-12-14-16-18-29-22(24)20(30(25,26)27)19-21(23)28-17-15-13-10-8-6-4-2;;;;/h20H,3-19H2,1-2H3,(H,25,26,27);;;;. The van der Waals surface area contributed by atoms with Gasteiger partial charge in [0, 0.05) is 0 Å². The van der Waals surface area contributed by atoms with Gasteiger partial charge < -0.3 is 9.47 Å². The van der Waals surface area contributed by atoms with Crippen molar-refractivity contribution in [3.63, 3.8) is 0 Å². The molecule has 0 aromatic heterocycles. The minimum absolute atomic E-state index is 0. The van der Waals surface area contributed by atoms with E-state index in [9.17, 15) is 22.6 Å². The van der Waals surface area contributed by atoms with Crippen LogP contribution in [0.3, 0.4) is 0 Å². The number of hydrogen-bond acceptors (Lipinski definition) is 6. The summed E-state index contributed by atoms with van der Waals surface area (Å²) in [6.07, 6.45) is 14.0. The van der Waals surface area contributed by atoms with Crippen molar-refractivity contribution in [3.8, 4) is 0 Å². The SMILES string of the molecule is CCCCCCCCCCOC(=O)C(CC(=O)OCCCCCCCC)S(=O)(=O)O.[NaH].[NaH]. The summed E-state index contributed by atoms with van der Waals surface area (Å²) in [5, 5.41) is -1.93. The maximum atomic E-state index is 12.0. The topological polar surface area (TPSA) is 107 Å². The number of unbranched alkanes of at least 4 members (excludes halogenated alkanes) is 12. The molecule has 7 nitrogen and oxygen atoms in total. The molecule has 0 rings (SSSR count). The molecule has 0 heterocycles. The van der Waals surface area contributed by atoms with Gasteiger partial charge in [-0.1, -0.05) is 90.9 Å². The molecule has 32 heavy (non-hydrogen) atoms. The van der Waals surface area contributed by atoms with Crippen molar-refractivity contribution in [2.45, 2.75) is 115 Å². The van der Waals surface area contributed by atoms with Gasteiger partial charge in [-0.2, -0.15) is 8.42 Å². The predicted molar refractivity (Wildman–Crippen MR) is 132 cm³/mol. The molecular weight excluding hydrogens is 454 g/mol.